The van der Waals surface area contributed by atoms with Crippen LogP contribution in [-0.2, 0) is 0 Å². The number of aliphatic imine (C=N–C) groups is 1. The lowest BCUT2D eigenvalue weighted by Gasteiger charge is -2.38. The molecule has 1 aliphatic heterocycles. The summed E-state index contributed by atoms with van der Waals surface area (Å²) in [5.74, 6) is 2.54. The maximum Gasteiger partial charge on any atom is 0.0969 e. The second-order valence-corrected chi connectivity index (χ2v) is 7.77. The van der Waals surface area contributed by atoms with Gasteiger partial charge in [-0.2, -0.15) is 5.26 Å². The van der Waals surface area contributed by atoms with E-state index in [0.29, 0.717) is 11.3 Å². The molecule has 18 heavy (non-hydrogen) atoms. The molecule has 0 bridgehead atoms. The van der Waals surface area contributed by atoms with Crippen LogP contribution in [0, 0.1) is 34.5 Å². The molecular formula is C15H24N2S. The fourth-order valence-electron chi connectivity index (χ4n) is 3.22. The van der Waals surface area contributed by atoms with Crippen molar-refractivity contribution in [3.8, 4) is 6.07 Å². The molecule has 3 heteroatoms. The first-order valence-corrected chi connectivity index (χ1v) is 8.07. The molecule has 2 nitrogen and oxygen atoms in total. The maximum atomic E-state index is 9.42. The quantitative estimate of drug-likeness (QED) is 0.752. The predicted octanol–water partition coefficient (Wildman–Crippen LogP) is 4.12. The molecule has 0 aromatic heterocycles. The Hall–Kier alpha value is -0.490. The minimum Gasteiger partial charge on any atom is -0.281 e. The van der Waals surface area contributed by atoms with Crippen molar-refractivity contribution in [3.05, 3.63) is 0 Å². The summed E-state index contributed by atoms with van der Waals surface area (Å²) in [6.07, 6.45) is 4.98. The molecule has 1 fully saturated rings. The first kappa shape index (κ1) is 13.9. The van der Waals surface area contributed by atoms with E-state index in [2.05, 4.69) is 31.8 Å². The molecule has 2 rings (SSSR count). The molecule has 0 aromatic rings. The van der Waals surface area contributed by atoms with E-state index in [0.717, 1.165) is 23.3 Å². The number of hydrogen-bond donors (Lipinski definition) is 0. The van der Waals surface area contributed by atoms with Crippen molar-refractivity contribution < 1.29 is 0 Å². The third-order valence-electron chi connectivity index (χ3n) is 4.48. The summed E-state index contributed by atoms with van der Waals surface area (Å²) in [4.78, 5) is 4.51. The number of rotatable bonds is 2. The Morgan fingerprint density at radius 2 is 1.94 bits per heavy atom. The zero-order valence-electron chi connectivity index (χ0n) is 11.8. The average Bonchev–Trinajstić information content (AvgIpc) is 2.83. The fraction of sp³-hybridized carbons (Fsp3) is 0.867. The van der Waals surface area contributed by atoms with Gasteiger partial charge in [-0.1, -0.05) is 20.8 Å². The van der Waals surface area contributed by atoms with Crippen molar-refractivity contribution >= 4 is 16.8 Å². The van der Waals surface area contributed by atoms with E-state index >= 15 is 0 Å². The minimum absolute atomic E-state index is 0.0819. The molecule has 1 atom stereocenters. The molecule has 1 aliphatic carbocycles. The van der Waals surface area contributed by atoms with Crippen LogP contribution in [0.5, 0.6) is 0 Å². The fourth-order valence-corrected chi connectivity index (χ4v) is 4.22. The first-order valence-electron chi connectivity index (χ1n) is 7.09. The van der Waals surface area contributed by atoms with Crippen LogP contribution < -0.4 is 0 Å². The molecular weight excluding hydrogens is 240 g/mol. The van der Waals surface area contributed by atoms with Gasteiger partial charge in [-0.25, -0.2) is 0 Å². The van der Waals surface area contributed by atoms with Crippen molar-refractivity contribution in [2.75, 3.05) is 12.3 Å². The van der Waals surface area contributed by atoms with Crippen LogP contribution in [0.1, 0.15) is 46.5 Å². The highest BCUT2D eigenvalue weighted by Crippen LogP contribution is 2.43. The second-order valence-electron chi connectivity index (χ2n) is 6.65. The Bertz CT molecular complexity index is 354. The van der Waals surface area contributed by atoms with Gasteiger partial charge in [0.1, 0.15) is 0 Å². The van der Waals surface area contributed by atoms with E-state index in [9.17, 15) is 5.26 Å². The Morgan fingerprint density at radius 3 is 2.39 bits per heavy atom. The summed E-state index contributed by atoms with van der Waals surface area (Å²) in [7, 11) is 0. The van der Waals surface area contributed by atoms with Crippen molar-refractivity contribution in [1.29, 1.82) is 5.26 Å². The van der Waals surface area contributed by atoms with Gasteiger partial charge in [0.05, 0.1) is 17.0 Å². The molecule has 1 unspecified atom stereocenters. The maximum absolute atomic E-state index is 9.42. The van der Waals surface area contributed by atoms with Gasteiger partial charge in [-0.05, 0) is 42.9 Å². The monoisotopic (exact) mass is 264 g/mol. The lowest BCUT2D eigenvalue weighted by Crippen LogP contribution is -2.30. The van der Waals surface area contributed by atoms with Crippen LogP contribution in [0.4, 0.5) is 0 Å². The Balaban J connectivity index is 1.94. The highest BCUT2D eigenvalue weighted by Gasteiger charge is 2.35. The lowest BCUT2D eigenvalue weighted by molar-refractivity contribution is 0.145. The van der Waals surface area contributed by atoms with Crippen LogP contribution in [-0.4, -0.2) is 17.3 Å². The largest absolute Gasteiger partial charge is 0.281 e. The molecule has 0 radical (unpaired) electrons. The van der Waals surface area contributed by atoms with Crippen LogP contribution in [0.2, 0.25) is 0 Å². The van der Waals surface area contributed by atoms with E-state index in [1.807, 2.05) is 0 Å². The van der Waals surface area contributed by atoms with E-state index in [1.54, 1.807) is 11.8 Å². The molecule has 2 aliphatic rings. The number of thioether (sulfide) groups is 1. The molecule has 0 amide bonds. The molecule has 0 N–H and O–H groups in total. The number of hydrogen-bond acceptors (Lipinski definition) is 3. The molecule has 0 spiro atoms. The third kappa shape index (κ3) is 3.09. The van der Waals surface area contributed by atoms with Gasteiger partial charge in [0, 0.05) is 12.3 Å². The highest BCUT2D eigenvalue weighted by molar-refractivity contribution is 8.14. The van der Waals surface area contributed by atoms with Gasteiger partial charge in [0.2, 0.25) is 0 Å². The smallest absolute Gasteiger partial charge is 0.0969 e. The summed E-state index contributed by atoms with van der Waals surface area (Å²) in [6.45, 7) is 7.94. The normalized spacial score (nSPS) is 30.7. The summed E-state index contributed by atoms with van der Waals surface area (Å²) in [6, 6.07) is 2.52. The second kappa shape index (κ2) is 5.65. The first-order chi connectivity index (χ1) is 8.52. The molecule has 0 saturated heterocycles. The van der Waals surface area contributed by atoms with Gasteiger partial charge < -0.3 is 0 Å². The summed E-state index contributed by atoms with van der Waals surface area (Å²) in [5, 5.41) is 10.5. The summed E-state index contributed by atoms with van der Waals surface area (Å²) in [5.41, 5.74) is 0.423. The number of nitrogens with zero attached hydrogens (tertiary/aromatic N) is 2. The molecule has 0 aromatic carbocycles. The minimum atomic E-state index is 0.0819. The standard InChI is InChI=1S/C15H24N2S/c1-15(2,3)12-6-4-11(5-7-12)13(10-16)14-17-8-9-18-14/h11-13H,4-9H2,1-3H3. The van der Waals surface area contributed by atoms with Gasteiger partial charge in [0.15, 0.2) is 0 Å². The van der Waals surface area contributed by atoms with Gasteiger partial charge in [-0.3, -0.25) is 4.99 Å². The topological polar surface area (TPSA) is 36.1 Å². The molecule has 1 saturated carbocycles. The number of nitriles is 1. The van der Waals surface area contributed by atoms with Crippen molar-refractivity contribution in [3.63, 3.8) is 0 Å². The van der Waals surface area contributed by atoms with E-state index < -0.39 is 0 Å². The third-order valence-corrected chi connectivity index (χ3v) is 5.55. The molecule has 100 valence electrons. The Morgan fingerprint density at radius 1 is 1.28 bits per heavy atom. The SMILES string of the molecule is CC(C)(C)C1CCC(C(C#N)C2=NCCS2)CC1. The summed E-state index contributed by atoms with van der Waals surface area (Å²) >= 11 is 1.80. The highest BCUT2D eigenvalue weighted by atomic mass is 32.2. The Labute approximate surface area is 115 Å². The Kier molecular flexibility index (Phi) is 4.37. The van der Waals surface area contributed by atoms with Crippen molar-refractivity contribution in [2.24, 2.45) is 28.2 Å². The van der Waals surface area contributed by atoms with Crippen molar-refractivity contribution in [1.82, 2.24) is 0 Å². The van der Waals surface area contributed by atoms with Crippen LogP contribution in [0.15, 0.2) is 4.99 Å². The average molecular weight is 264 g/mol. The van der Waals surface area contributed by atoms with E-state index in [4.69, 9.17) is 0 Å². The zero-order chi connectivity index (χ0) is 13.2. The van der Waals surface area contributed by atoms with Gasteiger partial charge in [-0.15, -0.1) is 11.8 Å². The zero-order valence-corrected chi connectivity index (χ0v) is 12.6. The lowest BCUT2D eigenvalue weighted by atomic mass is 9.68. The van der Waals surface area contributed by atoms with Gasteiger partial charge in [0.25, 0.3) is 0 Å². The predicted molar refractivity (Wildman–Crippen MR) is 78.8 cm³/mol. The van der Waals surface area contributed by atoms with Crippen LogP contribution in [0.3, 0.4) is 0 Å². The van der Waals surface area contributed by atoms with Gasteiger partial charge >= 0.3 is 0 Å². The molecule has 1 heterocycles. The van der Waals surface area contributed by atoms with Crippen molar-refractivity contribution in [2.45, 2.75) is 46.5 Å². The van der Waals surface area contributed by atoms with E-state index in [1.165, 1.54) is 25.7 Å². The van der Waals surface area contributed by atoms with Crippen LogP contribution in [0.25, 0.3) is 0 Å². The summed E-state index contributed by atoms with van der Waals surface area (Å²) < 4.78 is 0. The van der Waals surface area contributed by atoms with E-state index in [-0.39, 0.29) is 5.92 Å². The van der Waals surface area contributed by atoms with Crippen LogP contribution >= 0.6 is 11.8 Å².